The second-order valence-electron chi connectivity index (χ2n) is 2.34. The molecule has 12 heavy (non-hydrogen) atoms. The number of hydrogen-bond donors (Lipinski definition) is 2. The van der Waals surface area contributed by atoms with E-state index in [0.29, 0.717) is 11.1 Å². The topological polar surface area (TPSA) is 63.3 Å². The van der Waals surface area contributed by atoms with Crippen molar-refractivity contribution < 1.29 is 9.90 Å². The molecule has 0 atom stereocenters. The lowest BCUT2D eigenvalue weighted by atomic mass is 10.1. The molecular weight excluding hydrogens is 154 g/mol. The molecule has 0 heterocycles. The summed E-state index contributed by atoms with van der Waals surface area (Å²) in [6.07, 6.45) is 1.46. The van der Waals surface area contributed by atoms with Crippen LogP contribution < -0.4 is 5.73 Å². The first-order valence-electron chi connectivity index (χ1n) is 3.40. The molecule has 0 aliphatic carbocycles. The van der Waals surface area contributed by atoms with E-state index >= 15 is 0 Å². The maximum absolute atomic E-state index is 10.7. The van der Waals surface area contributed by atoms with Crippen LogP contribution in [-0.2, 0) is 0 Å². The molecule has 3 N–H and O–H groups in total. The molecule has 0 unspecified atom stereocenters. The second kappa shape index (κ2) is 3.09. The van der Waals surface area contributed by atoms with Crippen molar-refractivity contribution >= 4 is 12.0 Å². The highest BCUT2D eigenvalue weighted by Gasteiger charge is 2.02. The van der Waals surface area contributed by atoms with E-state index in [4.69, 9.17) is 5.73 Å². The van der Waals surface area contributed by atoms with Crippen LogP contribution in [0.5, 0.6) is 5.75 Å². The van der Waals surface area contributed by atoms with E-state index in [9.17, 15) is 9.90 Å². The standard InChI is InChI=1S/C9H9NO2/c1-2-6-5-7(9(10)12)3-4-8(6)11/h2-5,11H,1H2,(H2,10,12). The van der Waals surface area contributed by atoms with Crippen LogP contribution >= 0.6 is 0 Å². The monoisotopic (exact) mass is 163 g/mol. The zero-order valence-corrected chi connectivity index (χ0v) is 6.45. The summed E-state index contributed by atoms with van der Waals surface area (Å²) < 4.78 is 0. The lowest BCUT2D eigenvalue weighted by Gasteiger charge is -2.00. The normalized spacial score (nSPS) is 9.33. The van der Waals surface area contributed by atoms with Crippen molar-refractivity contribution in [1.82, 2.24) is 0 Å². The highest BCUT2D eigenvalue weighted by atomic mass is 16.3. The van der Waals surface area contributed by atoms with Crippen molar-refractivity contribution in [3.8, 4) is 5.75 Å². The van der Waals surface area contributed by atoms with E-state index in [1.807, 2.05) is 0 Å². The molecule has 1 aromatic rings. The summed E-state index contributed by atoms with van der Waals surface area (Å²) in [5.74, 6) is -0.423. The summed E-state index contributed by atoms with van der Waals surface area (Å²) in [5.41, 5.74) is 5.90. The van der Waals surface area contributed by atoms with E-state index in [1.54, 1.807) is 0 Å². The molecule has 0 bridgehead atoms. The van der Waals surface area contributed by atoms with E-state index < -0.39 is 5.91 Å². The van der Waals surface area contributed by atoms with Crippen LogP contribution in [0.3, 0.4) is 0 Å². The molecule has 3 nitrogen and oxygen atoms in total. The van der Waals surface area contributed by atoms with Gasteiger partial charge in [-0.05, 0) is 18.2 Å². The van der Waals surface area contributed by atoms with Crippen LogP contribution in [0.2, 0.25) is 0 Å². The Kier molecular flexibility index (Phi) is 2.14. The van der Waals surface area contributed by atoms with Crippen LogP contribution in [0, 0.1) is 0 Å². The van der Waals surface area contributed by atoms with Crippen LogP contribution in [0.15, 0.2) is 24.8 Å². The molecule has 1 amide bonds. The Morgan fingerprint density at radius 3 is 2.75 bits per heavy atom. The number of phenols is 1. The van der Waals surface area contributed by atoms with Crippen LogP contribution in [-0.4, -0.2) is 11.0 Å². The molecular formula is C9H9NO2. The van der Waals surface area contributed by atoms with Crippen LogP contribution in [0.25, 0.3) is 6.08 Å². The third-order valence-corrected chi connectivity index (χ3v) is 1.53. The number of aromatic hydroxyl groups is 1. The molecule has 1 rings (SSSR count). The first-order valence-corrected chi connectivity index (χ1v) is 3.40. The summed E-state index contributed by atoms with van der Waals surface area (Å²) in [6, 6.07) is 4.37. The molecule has 0 saturated carbocycles. The number of nitrogens with two attached hydrogens (primary N) is 1. The van der Waals surface area contributed by atoms with Crippen molar-refractivity contribution in [3.63, 3.8) is 0 Å². The first kappa shape index (κ1) is 8.33. The number of amides is 1. The number of carbonyl (C=O) groups is 1. The van der Waals surface area contributed by atoms with E-state index in [0.717, 1.165) is 0 Å². The molecule has 0 radical (unpaired) electrons. The van der Waals surface area contributed by atoms with Gasteiger partial charge in [0.1, 0.15) is 5.75 Å². The molecule has 0 fully saturated rings. The fourth-order valence-electron chi connectivity index (χ4n) is 0.871. The average molecular weight is 163 g/mol. The van der Waals surface area contributed by atoms with Crippen molar-refractivity contribution in [3.05, 3.63) is 35.9 Å². The number of phenolic OH excluding ortho intramolecular Hbond substituents is 1. The van der Waals surface area contributed by atoms with Gasteiger partial charge >= 0.3 is 0 Å². The van der Waals surface area contributed by atoms with Gasteiger partial charge in [0.25, 0.3) is 0 Å². The Morgan fingerprint density at radius 2 is 2.25 bits per heavy atom. The van der Waals surface area contributed by atoms with Crippen molar-refractivity contribution in [1.29, 1.82) is 0 Å². The summed E-state index contributed by atoms with van der Waals surface area (Å²) in [5, 5.41) is 9.19. The number of benzene rings is 1. The fraction of sp³-hybridized carbons (Fsp3) is 0. The lowest BCUT2D eigenvalue weighted by Crippen LogP contribution is -2.10. The van der Waals surface area contributed by atoms with Gasteiger partial charge in [-0.3, -0.25) is 4.79 Å². The average Bonchev–Trinajstić information content (AvgIpc) is 2.05. The third-order valence-electron chi connectivity index (χ3n) is 1.53. The molecule has 0 aliphatic rings. The maximum Gasteiger partial charge on any atom is 0.248 e. The number of hydrogen-bond acceptors (Lipinski definition) is 2. The highest BCUT2D eigenvalue weighted by molar-refractivity contribution is 5.93. The Hall–Kier alpha value is -1.77. The minimum atomic E-state index is -0.516. The second-order valence-corrected chi connectivity index (χ2v) is 2.34. The predicted octanol–water partition coefficient (Wildman–Crippen LogP) is 1.13. The highest BCUT2D eigenvalue weighted by Crippen LogP contribution is 2.18. The molecule has 1 aromatic carbocycles. The molecule has 0 saturated heterocycles. The van der Waals surface area contributed by atoms with Gasteiger partial charge in [-0.2, -0.15) is 0 Å². The van der Waals surface area contributed by atoms with Gasteiger partial charge in [0, 0.05) is 11.1 Å². The third kappa shape index (κ3) is 1.45. The maximum atomic E-state index is 10.7. The van der Waals surface area contributed by atoms with Gasteiger partial charge in [-0.1, -0.05) is 12.7 Å². The molecule has 0 aliphatic heterocycles. The smallest absolute Gasteiger partial charge is 0.248 e. The minimum Gasteiger partial charge on any atom is -0.507 e. The predicted molar refractivity (Wildman–Crippen MR) is 46.7 cm³/mol. The SMILES string of the molecule is C=Cc1cc(C(N)=O)ccc1O. The van der Waals surface area contributed by atoms with Crippen molar-refractivity contribution in [2.75, 3.05) is 0 Å². The van der Waals surface area contributed by atoms with Crippen molar-refractivity contribution in [2.45, 2.75) is 0 Å². The lowest BCUT2D eigenvalue weighted by molar-refractivity contribution is 0.100. The van der Waals surface area contributed by atoms with Gasteiger partial charge < -0.3 is 10.8 Å². The van der Waals surface area contributed by atoms with Crippen molar-refractivity contribution in [2.24, 2.45) is 5.73 Å². The first-order chi connectivity index (χ1) is 5.65. The zero-order valence-electron chi connectivity index (χ0n) is 6.45. The zero-order chi connectivity index (χ0) is 9.14. The molecule has 3 heteroatoms. The quantitative estimate of drug-likeness (QED) is 0.686. The van der Waals surface area contributed by atoms with Gasteiger partial charge in [0.05, 0.1) is 0 Å². The van der Waals surface area contributed by atoms with Crippen LogP contribution in [0.1, 0.15) is 15.9 Å². The summed E-state index contributed by atoms with van der Waals surface area (Å²) in [6.45, 7) is 3.48. The molecule has 0 spiro atoms. The van der Waals surface area contributed by atoms with Crippen LogP contribution in [0.4, 0.5) is 0 Å². The summed E-state index contributed by atoms with van der Waals surface area (Å²) >= 11 is 0. The van der Waals surface area contributed by atoms with Gasteiger partial charge in [-0.25, -0.2) is 0 Å². The molecule has 62 valence electrons. The summed E-state index contributed by atoms with van der Waals surface area (Å²) in [4.78, 5) is 10.7. The Labute approximate surface area is 70.1 Å². The molecule has 0 aromatic heterocycles. The van der Waals surface area contributed by atoms with Gasteiger partial charge in [0.15, 0.2) is 0 Å². The number of carbonyl (C=O) groups excluding carboxylic acids is 1. The Bertz CT molecular complexity index is 331. The Balaban J connectivity index is 3.22. The largest absolute Gasteiger partial charge is 0.507 e. The van der Waals surface area contributed by atoms with Gasteiger partial charge in [-0.15, -0.1) is 0 Å². The Morgan fingerprint density at radius 1 is 1.58 bits per heavy atom. The van der Waals surface area contributed by atoms with E-state index in [2.05, 4.69) is 6.58 Å². The van der Waals surface area contributed by atoms with E-state index in [1.165, 1.54) is 24.3 Å². The minimum absolute atomic E-state index is 0.0926. The van der Waals surface area contributed by atoms with E-state index in [-0.39, 0.29) is 5.75 Å². The number of primary amides is 1. The van der Waals surface area contributed by atoms with Gasteiger partial charge in [0.2, 0.25) is 5.91 Å². The number of rotatable bonds is 2. The summed E-state index contributed by atoms with van der Waals surface area (Å²) in [7, 11) is 0. The fourth-order valence-corrected chi connectivity index (χ4v) is 0.871.